The summed E-state index contributed by atoms with van der Waals surface area (Å²) in [5.41, 5.74) is 2.04. The second kappa shape index (κ2) is 10.1. The Morgan fingerprint density at radius 1 is 1.10 bits per heavy atom. The van der Waals surface area contributed by atoms with Crippen molar-refractivity contribution in [2.45, 2.75) is 45.0 Å². The van der Waals surface area contributed by atoms with Gasteiger partial charge in [-0.3, -0.25) is 4.79 Å². The lowest BCUT2D eigenvalue weighted by Gasteiger charge is -2.15. The summed E-state index contributed by atoms with van der Waals surface area (Å²) in [6.07, 6.45) is 0.732. The molecule has 1 atom stereocenters. The number of hydrogen-bond donors (Lipinski definition) is 1. The molecule has 29 heavy (non-hydrogen) atoms. The molecule has 1 amide bonds. The van der Waals surface area contributed by atoms with Crippen molar-refractivity contribution >= 4 is 23.4 Å². The molecule has 0 bridgehead atoms. The highest BCUT2D eigenvalue weighted by molar-refractivity contribution is 7.99. The fourth-order valence-electron chi connectivity index (χ4n) is 2.91. The minimum Gasteiger partial charge on any atom is -0.483 e. The van der Waals surface area contributed by atoms with Crippen LogP contribution in [0.3, 0.4) is 0 Å². The number of hydrogen-bond acceptors (Lipinski definition) is 5. The lowest BCUT2D eigenvalue weighted by atomic mass is 10.1. The molecule has 7 heteroatoms. The molecule has 0 fully saturated rings. The van der Waals surface area contributed by atoms with E-state index in [4.69, 9.17) is 4.74 Å². The Morgan fingerprint density at radius 3 is 2.48 bits per heavy atom. The minimum absolute atomic E-state index is 0.0694. The van der Waals surface area contributed by atoms with Crippen LogP contribution < -0.4 is 10.1 Å². The molecule has 0 radical (unpaired) electrons. The molecule has 1 heterocycles. The maximum atomic E-state index is 12.3. The number of ether oxygens (including phenoxy) is 1. The Kier molecular flexibility index (Phi) is 7.30. The first-order valence-electron chi connectivity index (χ1n) is 9.77. The summed E-state index contributed by atoms with van der Waals surface area (Å²) in [6.45, 7) is 6.78. The van der Waals surface area contributed by atoms with E-state index in [9.17, 15) is 4.79 Å². The van der Waals surface area contributed by atoms with E-state index in [0.717, 1.165) is 23.7 Å². The molecule has 1 aromatic heterocycles. The highest BCUT2D eigenvalue weighted by atomic mass is 32.2. The Bertz CT molecular complexity index is 926. The third-order valence-electron chi connectivity index (χ3n) is 4.46. The quantitative estimate of drug-likeness (QED) is 0.517. The smallest absolute Gasteiger partial charge is 0.234 e. The van der Waals surface area contributed by atoms with Crippen molar-refractivity contribution in [3.05, 3.63) is 66.0 Å². The van der Waals surface area contributed by atoms with Crippen molar-refractivity contribution in [3.8, 4) is 5.75 Å². The molecular formula is C22H26N4O2S. The van der Waals surface area contributed by atoms with Crippen LogP contribution in [0, 0.1) is 0 Å². The van der Waals surface area contributed by atoms with Gasteiger partial charge in [0.2, 0.25) is 5.91 Å². The standard InChI is InChI=1S/C22H26N4O2S/c1-4-17-11-13-18(14-12-17)23-20(27)15-29-22-25-24-21(26(22)5-2)16(3)28-19-9-7-6-8-10-19/h6-14,16H,4-5,15H2,1-3H3,(H,23,27)/t16-/m1/s1. The first kappa shape index (κ1) is 20.9. The molecule has 3 aromatic rings. The van der Waals surface area contributed by atoms with Crippen molar-refractivity contribution in [1.82, 2.24) is 14.8 Å². The van der Waals surface area contributed by atoms with Crippen LogP contribution in [0.4, 0.5) is 5.69 Å². The summed E-state index contributed by atoms with van der Waals surface area (Å²) in [4.78, 5) is 12.3. The Hall–Kier alpha value is -2.80. The number of nitrogens with zero attached hydrogens (tertiary/aromatic N) is 3. The maximum absolute atomic E-state index is 12.3. The van der Waals surface area contributed by atoms with E-state index in [0.29, 0.717) is 11.7 Å². The lowest BCUT2D eigenvalue weighted by molar-refractivity contribution is -0.113. The summed E-state index contributed by atoms with van der Waals surface area (Å²) in [5.74, 6) is 1.73. The summed E-state index contributed by atoms with van der Waals surface area (Å²) in [6, 6.07) is 17.5. The molecule has 0 aliphatic rings. The van der Waals surface area contributed by atoms with Gasteiger partial charge in [-0.1, -0.05) is 49.0 Å². The topological polar surface area (TPSA) is 69.0 Å². The van der Waals surface area contributed by atoms with Crippen LogP contribution in [0.15, 0.2) is 59.8 Å². The van der Waals surface area contributed by atoms with Gasteiger partial charge < -0.3 is 14.6 Å². The molecule has 0 aliphatic heterocycles. The van der Waals surface area contributed by atoms with Gasteiger partial charge in [-0.2, -0.15) is 0 Å². The normalized spacial score (nSPS) is 11.8. The van der Waals surface area contributed by atoms with Gasteiger partial charge in [-0.25, -0.2) is 0 Å². The highest BCUT2D eigenvalue weighted by Crippen LogP contribution is 2.24. The molecule has 152 valence electrons. The van der Waals surface area contributed by atoms with Crippen molar-refractivity contribution in [2.75, 3.05) is 11.1 Å². The van der Waals surface area contributed by atoms with Crippen molar-refractivity contribution in [3.63, 3.8) is 0 Å². The van der Waals surface area contributed by atoms with E-state index in [-0.39, 0.29) is 17.8 Å². The molecule has 0 saturated carbocycles. The highest BCUT2D eigenvalue weighted by Gasteiger charge is 2.19. The van der Waals surface area contributed by atoms with Crippen molar-refractivity contribution < 1.29 is 9.53 Å². The number of thioether (sulfide) groups is 1. The van der Waals surface area contributed by atoms with Gasteiger partial charge in [0.15, 0.2) is 17.1 Å². The van der Waals surface area contributed by atoms with Crippen LogP contribution >= 0.6 is 11.8 Å². The third-order valence-corrected chi connectivity index (χ3v) is 5.43. The van der Waals surface area contributed by atoms with Crippen LogP contribution in [0.25, 0.3) is 0 Å². The zero-order valence-electron chi connectivity index (χ0n) is 17.0. The zero-order chi connectivity index (χ0) is 20.6. The number of carbonyl (C=O) groups is 1. The molecule has 0 saturated heterocycles. The maximum Gasteiger partial charge on any atom is 0.234 e. The first-order chi connectivity index (χ1) is 14.1. The Balaban J connectivity index is 1.60. The molecule has 3 rings (SSSR count). The van der Waals surface area contributed by atoms with Gasteiger partial charge in [0.1, 0.15) is 5.75 Å². The van der Waals surface area contributed by atoms with Crippen molar-refractivity contribution in [2.24, 2.45) is 0 Å². The van der Waals surface area contributed by atoms with E-state index in [1.165, 1.54) is 17.3 Å². The zero-order valence-corrected chi connectivity index (χ0v) is 17.8. The Labute approximate surface area is 175 Å². The predicted molar refractivity (Wildman–Crippen MR) is 116 cm³/mol. The number of anilines is 1. The SMILES string of the molecule is CCc1ccc(NC(=O)CSc2nnc([C@@H](C)Oc3ccccc3)n2CC)cc1. The number of benzene rings is 2. The summed E-state index contributed by atoms with van der Waals surface area (Å²) < 4.78 is 7.96. The van der Waals surface area contributed by atoms with E-state index >= 15 is 0 Å². The van der Waals surface area contributed by atoms with Gasteiger partial charge in [0.25, 0.3) is 0 Å². The van der Waals surface area contributed by atoms with E-state index in [2.05, 4.69) is 22.4 Å². The number of rotatable bonds is 9. The average Bonchev–Trinajstić information content (AvgIpc) is 3.16. The van der Waals surface area contributed by atoms with E-state index < -0.39 is 0 Å². The monoisotopic (exact) mass is 410 g/mol. The van der Waals surface area contributed by atoms with Crippen LogP contribution in [0.5, 0.6) is 5.75 Å². The predicted octanol–water partition coefficient (Wildman–Crippen LogP) is 4.73. The van der Waals surface area contributed by atoms with Gasteiger partial charge in [0, 0.05) is 12.2 Å². The van der Waals surface area contributed by atoms with Gasteiger partial charge in [-0.05, 0) is 50.1 Å². The third kappa shape index (κ3) is 5.60. The van der Waals surface area contributed by atoms with E-state index in [1.54, 1.807) is 0 Å². The Morgan fingerprint density at radius 2 is 1.83 bits per heavy atom. The number of amides is 1. The largest absolute Gasteiger partial charge is 0.483 e. The number of carbonyl (C=O) groups excluding carboxylic acids is 1. The van der Waals surface area contributed by atoms with Gasteiger partial charge in [0.05, 0.1) is 5.75 Å². The summed E-state index contributed by atoms with van der Waals surface area (Å²) in [5, 5.41) is 12.2. The number of aromatic nitrogens is 3. The molecule has 6 nitrogen and oxygen atoms in total. The minimum atomic E-state index is -0.245. The van der Waals surface area contributed by atoms with Crippen LogP contribution in [-0.2, 0) is 17.8 Å². The number of aryl methyl sites for hydroxylation is 1. The van der Waals surface area contributed by atoms with Crippen molar-refractivity contribution in [1.29, 1.82) is 0 Å². The van der Waals surface area contributed by atoms with Crippen LogP contribution in [0.2, 0.25) is 0 Å². The fraction of sp³-hybridized carbons (Fsp3) is 0.318. The van der Waals surface area contributed by atoms with Gasteiger partial charge in [-0.15, -0.1) is 10.2 Å². The number of nitrogens with one attached hydrogen (secondary N) is 1. The molecular weight excluding hydrogens is 384 g/mol. The lowest BCUT2D eigenvalue weighted by Crippen LogP contribution is -2.15. The molecule has 0 aliphatic carbocycles. The van der Waals surface area contributed by atoms with Crippen LogP contribution in [0.1, 0.15) is 38.3 Å². The molecule has 0 spiro atoms. The fourth-order valence-corrected chi connectivity index (χ4v) is 3.72. The molecule has 2 aromatic carbocycles. The molecule has 0 unspecified atom stereocenters. The first-order valence-corrected chi connectivity index (χ1v) is 10.8. The number of para-hydroxylation sites is 1. The second-order valence-electron chi connectivity index (χ2n) is 6.55. The van der Waals surface area contributed by atoms with E-state index in [1.807, 2.05) is 73.0 Å². The average molecular weight is 411 g/mol. The summed E-state index contributed by atoms with van der Waals surface area (Å²) in [7, 11) is 0. The molecule has 1 N–H and O–H groups in total. The second-order valence-corrected chi connectivity index (χ2v) is 7.49. The summed E-state index contributed by atoms with van der Waals surface area (Å²) >= 11 is 1.37. The van der Waals surface area contributed by atoms with Crippen LogP contribution in [-0.4, -0.2) is 26.4 Å². The van der Waals surface area contributed by atoms with Gasteiger partial charge >= 0.3 is 0 Å².